The van der Waals surface area contributed by atoms with Gasteiger partial charge in [0.15, 0.2) is 11.2 Å². The molecule has 0 atom stereocenters. The van der Waals surface area contributed by atoms with Crippen molar-refractivity contribution in [3.8, 4) is 0 Å². The zero-order valence-electron chi connectivity index (χ0n) is 15.1. The van der Waals surface area contributed by atoms with Crippen molar-refractivity contribution < 1.29 is 5.11 Å². The van der Waals surface area contributed by atoms with Crippen LogP contribution in [0.25, 0.3) is 11.2 Å². The Hall–Kier alpha value is -1.97. The predicted octanol–water partition coefficient (Wildman–Crippen LogP) is -1.44. The Bertz CT molecular complexity index is 873. The summed E-state index contributed by atoms with van der Waals surface area (Å²) in [6.45, 7) is 5.05. The van der Waals surface area contributed by atoms with Gasteiger partial charge in [-0.15, -0.1) is 0 Å². The second-order valence-corrected chi connectivity index (χ2v) is 6.71. The zero-order chi connectivity index (χ0) is 18.1. The van der Waals surface area contributed by atoms with Crippen LogP contribution in [0.4, 0.5) is 0 Å². The summed E-state index contributed by atoms with van der Waals surface area (Å²) >= 11 is 0. The Morgan fingerprint density at radius 1 is 1.04 bits per heavy atom. The van der Waals surface area contributed by atoms with Crippen molar-refractivity contribution >= 4 is 11.2 Å². The van der Waals surface area contributed by atoms with E-state index in [2.05, 4.69) is 21.8 Å². The highest BCUT2D eigenvalue weighted by molar-refractivity contribution is 5.71. The first kappa shape index (κ1) is 17.8. The molecule has 0 aromatic carbocycles. The summed E-state index contributed by atoms with van der Waals surface area (Å²) in [4.78, 5) is 34.0. The number of hydrogen-bond donors (Lipinski definition) is 1. The Labute approximate surface area is 145 Å². The van der Waals surface area contributed by atoms with Crippen molar-refractivity contribution in [1.29, 1.82) is 0 Å². The number of likely N-dealkylation sites (N-methyl/N-ethyl adjacent to an activating group) is 1. The molecule has 1 fully saturated rings. The Morgan fingerprint density at radius 3 is 2.36 bits per heavy atom. The van der Waals surface area contributed by atoms with Gasteiger partial charge in [0.1, 0.15) is 5.82 Å². The van der Waals surface area contributed by atoms with Gasteiger partial charge in [0.2, 0.25) is 0 Å². The fourth-order valence-electron chi connectivity index (χ4n) is 3.29. The third kappa shape index (κ3) is 3.26. The number of aromatic nitrogens is 4. The molecule has 138 valence electrons. The minimum atomic E-state index is -0.379. The SMILES string of the molecule is CN1CCN(Cc2nc3c(c(=O)n(C)c(=O)n3C)n2CCCO)CC1. The summed E-state index contributed by atoms with van der Waals surface area (Å²) < 4.78 is 4.39. The fraction of sp³-hybridized carbons (Fsp3) is 0.688. The van der Waals surface area contributed by atoms with E-state index in [1.165, 1.54) is 11.6 Å². The van der Waals surface area contributed by atoms with E-state index < -0.39 is 0 Å². The molecule has 9 nitrogen and oxygen atoms in total. The number of fused-ring (bicyclic) bond motifs is 1. The van der Waals surface area contributed by atoms with Gasteiger partial charge in [-0.3, -0.25) is 18.8 Å². The molecular weight excluding hydrogens is 324 g/mol. The van der Waals surface area contributed by atoms with E-state index in [9.17, 15) is 14.7 Å². The number of hydrogen-bond acceptors (Lipinski definition) is 6. The van der Waals surface area contributed by atoms with Crippen molar-refractivity contribution in [3.63, 3.8) is 0 Å². The molecule has 0 aliphatic carbocycles. The molecule has 2 aromatic rings. The highest BCUT2D eigenvalue weighted by Gasteiger charge is 2.21. The van der Waals surface area contributed by atoms with E-state index in [1.807, 2.05) is 4.57 Å². The fourth-order valence-corrected chi connectivity index (χ4v) is 3.29. The van der Waals surface area contributed by atoms with Gasteiger partial charge in [-0.1, -0.05) is 0 Å². The Balaban J connectivity index is 2.07. The van der Waals surface area contributed by atoms with Gasteiger partial charge in [0.25, 0.3) is 5.56 Å². The number of aryl methyl sites for hydroxylation is 2. The van der Waals surface area contributed by atoms with Crippen LogP contribution in [0.5, 0.6) is 0 Å². The minimum Gasteiger partial charge on any atom is -0.396 e. The number of aliphatic hydroxyl groups excluding tert-OH is 1. The van der Waals surface area contributed by atoms with Crippen LogP contribution < -0.4 is 11.2 Å². The first-order valence-corrected chi connectivity index (χ1v) is 8.61. The molecule has 2 aromatic heterocycles. The molecule has 0 radical (unpaired) electrons. The van der Waals surface area contributed by atoms with E-state index in [1.54, 1.807) is 7.05 Å². The zero-order valence-corrected chi connectivity index (χ0v) is 15.1. The third-order valence-corrected chi connectivity index (χ3v) is 4.93. The lowest BCUT2D eigenvalue weighted by Gasteiger charge is -2.32. The van der Waals surface area contributed by atoms with Gasteiger partial charge in [-0.2, -0.15) is 0 Å². The maximum Gasteiger partial charge on any atom is 0.332 e. The number of piperazine rings is 1. The summed E-state index contributed by atoms with van der Waals surface area (Å²) in [6.07, 6.45) is 0.535. The van der Waals surface area contributed by atoms with E-state index in [4.69, 9.17) is 0 Å². The molecule has 1 N–H and O–H groups in total. The quantitative estimate of drug-likeness (QED) is 0.711. The van der Waals surface area contributed by atoms with Crippen LogP contribution in [0.15, 0.2) is 9.59 Å². The second-order valence-electron chi connectivity index (χ2n) is 6.71. The normalized spacial score (nSPS) is 16.8. The molecule has 25 heavy (non-hydrogen) atoms. The molecular formula is C16H26N6O3. The monoisotopic (exact) mass is 350 g/mol. The summed E-state index contributed by atoms with van der Waals surface area (Å²) in [5.74, 6) is 0.770. The van der Waals surface area contributed by atoms with Gasteiger partial charge < -0.3 is 14.6 Å². The average Bonchev–Trinajstić information content (AvgIpc) is 2.96. The Kier molecular flexibility index (Phi) is 5.07. The topological polar surface area (TPSA) is 88.5 Å². The van der Waals surface area contributed by atoms with Crippen molar-refractivity contribution in [1.82, 2.24) is 28.5 Å². The van der Waals surface area contributed by atoms with E-state index in [0.29, 0.717) is 30.7 Å². The maximum atomic E-state index is 12.6. The lowest BCUT2D eigenvalue weighted by atomic mass is 10.3. The van der Waals surface area contributed by atoms with Crippen molar-refractivity contribution in [3.05, 3.63) is 26.7 Å². The van der Waals surface area contributed by atoms with Crippen LogP contribution in [0, 0.1) is 0 Å². The largest absolute Gasteiger partial charge is 0.396 e. The van der Waals surface area contributed by atoms with Crippen LogP contribution in [0.1, 0.15) is 12.2 Å². The highest BCUT2D eigenvalue weighted by Crippen LogP contribution is 2.15. The summed E-state index contributed by atoms with van der Waals surface area (Å²) in [7, 11) is 5.22. The van der Waals surface area contributed by atoms with Gasteiger partial charge >= 0.3 is 5.69 Å². The highest BCUT2D eigenvalue weighted by atomic mass is 16.3. The van der Waals surface area contributed by atoms with Gasteiger partial charge in [0, 0.05) is 53.4 Å². The lowest BCUT2D eigenvalue weighted by molar-refractivity contribution is 0.144. The summed E-state index contributed by atoms with van der Waals surface area (Å²) in [6, 6.07) is 0. The van der Waals surface area contributed by atoms with Crippen LogP contribution in [0.3, 0.4) is 0 Å². The molecule has 3 heterocycles. The number of aliphatic hydroxyl groups is 1. The predicted molar refractivity (Wildman–Crippen MR) is 94.7 cm³/mol. The molecule has 0 bridgehead atoms. The average molecular weight is 350 g/mol. The van der Waals surface area contributed by atoms with Gasteiger partial charge in [-0.25, -0.2) is 9.78 Å². The number of nitrogens with zero attached hydrogens (tertiary/aromatic N) is 6. The molecule has 0 saturated carbocycles. The first-order chi connectivity index (χ1) is 11.9. The number of rotatable bonds is 5. The molecule has 0 amide bonds. The van der Waals surface area contributed by atoms with E-state index in [-0.39, 0.29) is 17.9 Å². The van der Waals surface area contributed by atoms with Gasteiger partial charge in [-0.05, 0) is 13.5 Å². The van der Waals surface area contributed by atoms with E-state index in [0.717, 1.165) is 36.6 Å². The molecule has 1 aliphatic heterocycles. The summed E-state index contributed by atoms with van der Waals surface area (Å²) in [5, 5.41) is 9.21. The van der Waals surface area contributed by atoms with Crippen molar-refractivity contribution in [2.75, 3.05) is 39.8 Å². The van der Waals surface area contributed by atoms with E-state index >= 15 is 0 Å². The maximum absolute atomic E-state index is 12.6. The van der Waals surface area contributed by atoms with Crippen LogP contribution >= 0.6 is 0 Å². The molecule has 0 unspecified atom stereocenters. The molecule has 1 aliphatic rings. The molecule has 3 rings (SSSR count). The molecule has 0 spiro atoms. The molecule has 1 saturated heterocycles. The first-order valence-electron chi connectivity index (χ1n) is 8.61. The van der Waals surface area contributed by atoms with Crippen LogP contribution in [-0.2, 0) is 27.2 Å². The Morgan fingerprint density at radius 2 is 1.72 bits per heavy atom. The van der Waals surface area contributed by atoms with Crippen molar-refractivity contribution in [2.45, 2.75) is 19.5 Å². The standard InChI is InChI=1S/C16H26N6O3/c1-18-6-8-21(9-7-18)11-12-17-14-13(22(12)5-4-10-23)15(24)20(3)16(25)19(14)2/h23H,4-11H2,1-3H3. The lowest BCUT2D eigenvalue weighted by Crippen LogP contribution is -2.44. The molecule has 9 heteroatoms. The minimum absolute atomic E-state index is 0.0414. The number of imidazole rings is 1. The summed E-state index contributed by atoms with van der Waals surface area (Å²) in [5.41, 5.74) is 0.126. The smallest absolute Gasteiger partial charge is 0.332 e. The van der Waals surface area contributed by atoms with Crippen molar-refractivity contribution in [2.24, 2.45) is 14.1 Å². The third-order valence-electron chi connectivity index (χ3n) is 4.93. The van der Waals surface area contributed by atoms with Crippen LogP contribution in [0.2, 0.25) is 0 Å². The van der Waals surface area contributed by atoms with Gasteiger partial charge in [0.05, 0.1) is 6.54 Å². The van der Waals surface area contributed by atoms with Crippen LogP contribution in [-0.4, -0.2) is 73.4 Å². The second kappa shape index (κ2) is 7.11.